The molecular formula is C54H56O10. The predicted octanol–water partition coefficient (Wildman–Crippen LogP) is 8.57. The van der Waals surface area contributed by atoms with E-state index >= 15 is 0 Å². The van der Waals surface area contributed by atoms with Gasteiger partial charge in [0.05, 0.1) is 52.4 Å². The van der Waals surface area contributed by atoms with Crippen molar-refractivity contribution in [3.63, 3.8) is 0 Å². The number of hydrogen-bond donors (Lipinski definition) is 1. The van der Waals surface area contributed by atoms with Gasteiger partial charge >= 0.3 is 0 Å². The van der Waals surface area contributed by atoms with Crippen molar-refractivity contribution >= 4 is 5.78 Å². The van der Waals surface area contributed by atoms with Gasteiger partial charge in [-0.1, -0.05) is 182 Å². The number of ketones is 1. The Morgan fingerprint density at radius 2 is 0.766 bits per heavy atom. The van der Waals surface area contributed by atoms with Crippen LogP contribution in [-0.2, 0) is 82.3 Å². The van der Waals surface area contributed by atoms with E-state index in [1.807, 2.05) is 182 Å². The van der Waals surface area contributed by atoms with Crippen LogP contribution in [0.15, 0.2) is 182 Å². The van der Waals surface area contributed by atoms with E-state index in [1.54, 1.807) is 0 Å². The smallest absolute Gasteiger partial charge is 0.187 e. The van der Waals surface area contributed by atoms with Crippen LogP contribution in [0.4, 0.5) is 0 Å². The lowest BCUT2D eigenvalue weighted by molar-refractivity contribution is -0.342. The number of aliphatic hydroxyl groups excluding tert-OH is 1. The van der Waals surface area contributed by atoms with E-state index in [2.05, 4.69) is 0 Å². The van der Waals surface area contributed by atoms with Gasteiger partial charge < -0.3 is 43.0 Å². The van der Waals surface area contributed by atoms with Crippen LogP contribution in [0.2, 0.25) is 0 Å². The molecule has 9 atom stereocenters. The SMILES string of the molecule is O=C1C[C@H](O)[C@H](OCc2ccccc2)[C@@H](OCc2ccccc2)[C@@H]1O[C@H]1O[C@H](COCc2ccccc2)[C@H](OCc2ccccc2)[C@H](OCc2ccccc2)[C@H]1OCc1ccccc1. The second kappa shape index (κ2) is 23.5. The minimum atomic E-state index is -1.22. The number of Topliss-reactive ketones (excluding diaryl/α,β-unsaturated/α-hetero) is 1. The third-order valence-electron chi connectivity index (χ3n) is 11.4. The lowest BCUT2D eigenvalue weighted by atomic mass is 9.87. The minimum absolute atomic E-state index is 0.110. The van der Waals surface area contributed by atoms with E-state index in [9.17, 15) is 9.90 Å². The Morgan fingerprint density at radius 3 is 1.19 bits per heavy atom. The van der Waals surface area contributed by atoms with Gasteiger partial charge in [0.15, 0.2) is 12.1 Å². The van der Waals surface area contributed by atoms with Crippen molar-refractivity contribution in [3.8, 4) is 0 Å². The number of aliphatic hydroxyl groups is 1. The van der Waals surface area contributed by atoms with Crippen molar-refractivity contribution < 1.29 is 47.8 Å². The molecule has 1 saturated carbocycles. The molecule has 1 saturated heterocycles. The molecule has 64 heavy (non-hydrogen) atoms. The summed E-state index contributed by atoms with van der Waals surface area (Å²) in [5.74, 6) is -0.350. The third-order valence-corrected chi connectivity index (χ3v) is 11.4. The summed E-state index contributed by atoms with van der Waals surface area (Å²) < 4.78 is 54.0. The normalized spacial score (nSPS) is 24.6. The van der Waals surface area contributed by atoms with Crippen LogP contribution in [0, 0.1) is 0 Å². The maximum Gasteiger partial charge on any atom is 0.187 e. The van der Waals surface area contributed by atoms with Crippen LogP contribution >= 0.6 is 0 Å². The average Bonchev–Trinajstić information content (AvgIpc) is 3.34. The molecule has 1 aliphatic carbocycles. The summed E-state index contributed by atoms with van der Waals surface area (Å²) in [6.45, 7) is 1.46. The van der Waals surface area contributed by atoms with Gasteiger partial charge in [-0.3, -0.25) is 4.79 Å². The Labute approximate surface area is 375 Å². The minimum Gasteiger partial charge on any atom is -0.390 e. The maximum absolute atomic E-state index is 14.3. The maximum atomic E-state index is 14.3. The summed E-state index contributed by atoms with van der Waals surface area (Å²) in [4.78, 5) is 14.3. The van der Waals surface area contributed by atoms with Gasteiger partial charge in [-0.15, -0.1) is 0 Å². The summed E-state index contributed by atoms with van der Waals surface area (Å²) >= 11 is 0. The van der Waals surface area contributed by atoms with Gasteiger partial charge in [0.1, 0.15) is 42.7 Å². The summed E-state index contributed by atoms with van der Waals surface area (Å²) in [5, 5.41) is 11.5. The quantitative estimate of drug-likeness (QED) is 0.0756. The van der Waals surface area contributed by atoms with Gasteiger partial charge in [-0.2, -0.15) is 0 Å². The first kappa shape index (κ1) is 45.2. The molecule has 6 aromatic carbocycles. The summed E-state index contributed by atoms with van der Waals surface area (Å²) in [7, 11) is 0. The highest BCUT2D eigenvalue weighted by atomic mass is 16.7. The predicted molar refractivity (Wildman–Crippen MR) is 240 cm³/mol. The van der Waals surface area contributed by atoms with Crippen molar-refractivity contribution in [2.45, 2.75) is 101 Å². The number of ether oxygens (including phenoxy) is 8. The molecule has 332 valence electrons. The van der Waals surface area contributed by atoms with Gasteiger partial charge in [0, 0.05) is 6.42 Å². The molecule has 0 spiro atoms. The summed E-state index contributed by atoms with van der Waals surface area (Å²) in [6.07, 6.45) is -8.87. The number of hydrogen-bond acceptors (Lipinski definition) is 10. The molecule has 0 unspecified atom stereocenters. The van der Waals surface area contributed by atoms with Gasteiger partial charge in [-0.25, -0.2) is 0 Å². The highest BCUT2D eigenvalue weighted by Gasteiger charge is 2.53. The molecule has 10 heteroatoms. The fraction of sp³-hybridized carbons (Fsp3) is 0.315. The number of benzene rings is 6. The Balaban J connectivity index is 1.15. The highest BCUT2D eigenvalue weighted by Crippen LogP contribution is 2.35. The largest absolute Gasteiger partial charge is 0.390 e. The van der Waals surface area contributed by atoms with Crippen molar-refractivity contribution in [1.29, 1.82) is 0 Å². The second-order valence-corrected chi connectivity index (χ2v) is 16.1. The molecule has 2 fully saturated rings. The molecular weight excluding hydrogens is 809 g/mol. The number of rotatable bonds is 21. The zero-order valence-electron chi connectivity index (χ0n) is 35.8. The van der Waals surface area contributed by atoms with Gasteiger partial charge in [-0.05, 0) is 33.4 Å². The zero-order valence-corrected chi connectivity index (χ0v) is 35.8. The summed E-state index contributed by atoms with van der Waals surface area (Å²) in [5.41, 5.74) is 5.65. The van der Waals surface area contributed by atoms with Crippen LogP contribution in [-0.4, -0.2) is 72.6 Å². The molecule has 8 rings (SSSR count). The van der Waals surface area contributed by atoms with Crippen LogP contribution < -0.4 is 0 Å². The monoisotopic (exact) mass is 864 g/mol. The first-order valence-corrected chi connectivity index (χ1v) is 22.0. The van der Waals surface area contributed by atoms with Crippen molar-refractivity contribution in [2.24, 2.45) is 0 Å². The third kappa shape index (κ3) is 12.7. The fourth-order valence-corrected chi connectivity index (χ4v) is 8.09. The average molecular weight is 865 g/mol. The van der Waals surface area contributed by atoms with E-state index in [0.717, 1.165) is 33.4 Å². The molecule has 0 aromatic heterocycles. The number of carbonyl (C=O) groups excluding carboxylic acids is 1. The molecule has 10 nitrogen and oxygen atoms in total. The Hall–Kier alpha value is -5.37. The van der Waals surface area contributed by atoms with Crippen molar-refractivity contribution in [1.82, 2.24) is 0 Å². The topological polar surface area (TPSA) is 111 Å². The van der Waals surface area contributed by atoms with E-state index in [4.69, 9.17) is 37.9 Å². The van der Waals surface area contributed by atoms with Gasteiger partial charge in [0.2, 0.25) is 0 Å². The standard InChI is InChI=1S/C54H56O10/c55-45-31-46(56)49(51(60-35-42-25-13-4-14-26-42)48(45)58-33-40-21-9-2-10-22-40)64-54-53(62-37-44-29-17-6-18-30-44)52(61-36-43-27-15-5-16-28-43)50(59-34-41-23-11-3-12-24-41)47(63-54)38-57-32-39-19-7-1-8-20-39/h1-30,45,47-55H,31-38H2/t45-,47+,48-,49+,50-,51+,52-,53+,54+/m0/s1. The Bertz CT molecular complexity index is 2230. The first-order chi connectivity index (χ1) is 31.6. The summed E-state index contributed by atoms with van der Waals surface area (Å²) in [6, 6.07) is 58.9. The molecule has 1 heterocycles. The van der Waals surface area contributed by atoms with Crippen molar-refractivity contribution in [3.05, 3.63) is 215 Å². The molecule has 1 aliphatic heterocycles. The van der Waals surface area contributed by atoms with E-state index < -0.39 is 55.1 Å². The lowest BCUT2D eigenvalue weighted by Crippen LogP contribution is -2.64. The molecule has 0 bridgehead atoms. The highest BCUT2D eigenvalue weighted by molar-refractivity contribution is 5.85. The van der Waals surface area contributed by atoms with Crippen LogP contribution in [0.5, 0.6) is 0 Å². The van der Waals surface area contributed by atoms with Crippen molar-refractivity contribution in [2.75, 3.05) is 6.61 Å². The van der Waals surface area contributed by atoms with E-state index in [0.29, 0.717) is 6.61 Å². The Kier molecular flexibility index (Phi) is 16.6. The molecule has 0 amide bonds. The van der Waals surface area contributed by atoms with Crippen LogP contribution in [0.25, 0.3) is 0 Å². The fourth-order valence-electron chi connectivity index (χ4n) is 8.09. The van der Waals surface area contributed by atoms with Gasteiger partial charge in [0.25, 0.3) is 0 Å². The van der Waals surface area contributed by atoms with Crippen LogP contribution in [0.1, 0.15) is 39.8 Å². The second-order valence-electron chi connectivity index (χ2n) is 16.1. The Morgan fingerprint density at radius 1 is 0.422 bits per heavy atom. The lowest BCUT2D eigenvalue weighted by Gasteiger charge is -2.48. The number of carbonyl (C=O) groups is 1. The molecule has 2 aliphatic rings. The van der Waals surface area contributed by atoms with Crippen LogP contribution in [0.3, 0.4) is 0 Å². The van der Waals surface area contributed by atoms with E-state index in [-0.39, 0.29) is 51.8 Å². The molecule has 0 radical (unpaired) electrons. The zero-order chi connectivity index (χ0) is 43.8. The molecule has 6 aromatic rings. The first-order valence-electron chi connectivity index (χ1n) is 22.0. The van der Waals surface area contributed by atoms with E-state index in [1.165, 1.54) is 0 Å². The molecule has 1 N–H and O–H groups in total.